The summed E-state index contributed by atoms with van der Waals surface area (Å²) in [5, 5.41) is 6.17. The van der Waals surface area contributed by atoms with Crippen LogP contribution < -0.4 is 10.6 Å². The number of alkyl carbamates (subject to hydrolysis) is 1. The van der Waals surface area contributed by atoms with Crippen LogP contribution in [0.25, 0.3) is 0 Å². The largest absolute Gasteiger partial charge is 0.444 e. The van der Waals surface area contributed by atoms with Gasteiger partial charge in [-0.3, -0.25) is 0 Å². The lowest BCUT2D eigenvalue weighted by Crippen LogP contribution is -2.45. The number of ether oxygens (including phenoxy) is 1. The highest BCUT2D eigenvalue weighted by atomic mass is 19.1. The molecule has 1 amide bonds. The third-order valence-electron chi connectivity index (χ3n) is 3.41. The monoisotopic (exact) mass is 294 g/mol. The van der Waals surface area contributed by atoms with Gasteiger partial charge in [0.25, 0.3) is 0 Å². The van der Waals surface area contributed by atoms with Crippen molar-refractivity contribution in [2.75, 3.05) is 6.54 Å². The average Bonchev–Trinajstić information content (AvgIpc) is 2.37. The minimum absolute atomic E-state index is 0.00861. The van der Waals surface area contributed by atoms with Crippen molar-refractivity contribution in [1.29, 1.82) is 0 Å². The van der Waals surface area contributed by atoms with Crippen LogP contribution in [0.2, 0.25) is 0 Å². The fourth-order valence-corrected chi connectivity index (χ4v) is 2.52. The van der Waals surface area contributed by atoms with Gasteiger partial charge in [-0.2, -0.15) is 0 Å². The van der Waals surface area contributed by atoms with Gasteiger partial charge in [0.15, 0.2) is 0 Å². The van der Waals surface area contributed by atoms with Gasteiger partial charge < -0.3 is 15.4 Å². The quantitative estimate of drug-likeness (QED) is 0.881. The van der Waals surface area contributed by atoms with Gasteiger partial charge in [0, 0.05) is 17.6 Å². The fourth-order valence-electron chi connectivity index (χ4n) is 2.52. The highest BCUT2D eigenvalue weighted by Gasteiger charge is 2.27. The zero-order valence-electron chi connectivity index (χ0n) is 12.8. The second kappa shape index (κ2) is 6.43. The molecule has 2 N–H and O–H groups in total. The molecule has 4 nitrogen and oxygen atoms in total. The molecule has 2 unspecified atom stereocenters. The number of piperidine rings is 1. The summed E-state index contributed by atoms with van der Waals surface area (Å²) in [6.07, 6.45) is 1.05. The number of hydrogen-bond acceptors (Lipinski definition) is 3. The van der Waals surface area contributed by atoms with E-state index in [0.29, 0.717) is 12.0 Å². The molecule has 1 heterocycles. The Morgan fingerprint density at radius 3 is 2.76 bits per heavy atom. The van der Waals surface area contributed by atoms with Gasteiger partial charge in [0.05, 0.1) is 0 Å². The van der Waals surface area contributed by atoms with Crippen molar-refractivity contribution in [1.82, 2.24) is 10.6 Å². The van der Waals surface area contributed by atoms with Gasteiger partial charge in [0.2, 0.25) is 0 Å². The zero-order valence-corrected chi connectivity index (χ0v) is 12.8. The van der Waals surface area contributed by atoms with Gasteiger partial charge >= 0.3 is 6.09 Å². The Labute approximate surface area is 125 Å². The SMILES string of the molecule is CC(C)(C)OC(=O)NC1CCNC(c2ccccc2F)C1. The van der Waals surface area contributed by atoms with Crippen LogP contribution in [-0.4, -0.2) is 24.3 Å². The van der Waals surface area contributed by atoms with Crippen LogP contribution in [-0.2, 0) is 4.74 Å². The lowest BCUT2D eigenvalue weighted by atomic mass is 9.93. The van der Waals surface area contributed by atoms with E-state index in [0.717, 1.165) is 13.0 Å². The number of rotatable bonds is 2. The number of carbonyl (C=O) groups is 1. The van der Waals surface area contributed by atoms with Crippen LogP contribution in [0.4, 0.5) is 9.18 Å². The van der Waals surface area contributed by atoms with E-state index < -0.39 is 11.7 Å². The van der Waals surface area contributed by atoms with E-state index in [2.05, 4.69) is 10.6 Å². The third-order valence-corrected chi connectivity index (χ3v) is 3.41. The summed E-state index contributed by atoms with van der Waals surface area (Å²) in [5.41, 5.74) is 0.135. The maximum absolute atomic E-state index is 13.8. The number of benzene rings is 1. The summed E-state index contributed by atoms with van der Waals surface area (Å²) in [7, 11) is 0. The molecular weight excluding hydrogens is 271 g/mol. The van der Waals surface area contributed by atoms with Crippen LogP contribution in [0.1, 0.15) is 45.2 Å². The second-order valence-electron chi connectivity index (χ2n) is 6.40. The van der Waals surface area contributed by atoms with Gasteiger partial charge in [0.1, 0.15) is 11.4 Å². The number of hydrogen-bond donors (Lipinski definition) is 2. The van der Waals surface area contributed by atoms with Crippen LogP contribution in [0.3, 0.4) is 0 Å². The maximum atomic E-state index is 13.8. The first kappa shape index (κ1) is 15.8. The van der Waals surface area contributed by atoms with E-state index in [1.54, 1.807) is 12.1 Å². The van der Waals surface area contributed by atoms with Gasteiger partial charge in [-0.1, -0.05) is 18.2 Å². The van der Waals surface area contributed by atoms with E-state index in [1.807, 2.05) is 26.8 Å². The molecule has 1 aromatic rings. The molecular formula is C16H23FN2O2. The van der Waals surface area contributed by atoms with Crippen molar-refractivity contribution in [3.63, 3.8) is 0 Å². The lowest BCUT2D eigenvalue weighted by molar-refractivity contribution is 0.0490. The molecule has 1 aromatic carbocycles. The van der Waals surface area contributed by atoms with E-state index in [-0.39, 0.29) is 17.9 Å². The normalized spacial score (nSPS) is 22.7. The van der Waals surface area contributed by atoms with Crippen molar-refractivity contribution in [3.05, 3.63) is 35.6 Å². The van der Waals surface area contributed by atoms with Gasteiger partial charge in [-0.05, 0) is 46.2 Å². The standard InChI is InChI=1S/C16H23FN2O2/c1-16(2,3)21-15(20)19-11-8-9-18-14(10-11)12-6-4-5-7-13(12)17/h4-7,11,14,18H,8-10H2,1-3H3,(H,19,20). The smallest absolute Gasteiger partial charge is 0.407 e. The minimum atomic E-state index is -0.512. The average molecular weight is 294 g/mol. The van der Waals surface area contributed by atoms with Crippen molar-refractivity contribution >= 4 is 6.09 Å². The Kier molecular flexibility index (Phi) is 4.83. The van der Waals surface area contributed by atoms with Crippen LogP contribution in [0.5, 0.6) is 0 Å². The Balaban J connectivity index is 1.95. The Morgan fingerprint density at radius 2 is 2.10 bits per heavy atom. The Morgan fingerprint density at radius 1 is 1.38 bits per heavy atom. The first-order chi connectivity index (χ1) is 9.85. The topological polar surface area (TPSA) is 50.4 Å². The van der Waals surface area contributed by atoms with Crippen LogP contribution in [0.15, 0.2) is 24.3 Å². The molecule has 116 valence electrons. The molecule has 1 fully saturated rings. The molecule has 0 saturated carbocycles. The van der Waals surface area contributed by atoms with Crippen molar-refractivity contribution in [2.45, 2.75) is 51.3 Å². The summed E-state index contributed by atoms with van der Waals surface area (Å²) in [6.45, 7) is 6.23. The molecule has 0 bridgehead atoms. The summed E-state index contributed by atoms with van der Waals surface area (Å²) in [6, 6.07) is 6.65. The molecule has 2 atom stereocenters. The predicted molar refractivity (Wildman–Crippen MR) is 79.5 cm³/mol. The lowest BCUT2D eigenvalue weighted by Gasteiger charge is -2.32. The highest BCUT2D eigenvalue weighted by Crippen LogP contribution is 2.25. The maximum Gasteiger partial charge on any atom is 0.407 e. The van der Waals surface area contributed by atoms with Crippen molar-refractivity contribution in [2.24, 2.45) is 0 Å². The number of halogens is 1. The van der Waals surface area contributed by atoms with E-state index in [1.165, 1.54) is 6.07 Å². The molecule has 2 rings (SSSR count). The highest BCUT2D eigenvalue weighted by molar-refractivity contribution is 5.68. The predicted octanol–water partition coefficient (Wildman–Crippen LogP) is 3.14. The first-order valence-corrected chi connectivity index (χ1v) is 7.32. The first-order valence-electron chi connectivity index (χ1n) is 7.32. The molecule has 0 radical (unpaired) electrons. The molecule has 0 aliphatic carbocycles. The van der Waals surface area contributed by atoms with Gasteiger partial charge in [-0.15, -0.1) is 0 Å². The van der Waals surface area contributed by atoms with E-state index >= 15 is 0 Å². The molecule has 5 heteroatoms. The second-order valence-corrected chi connectivity index (χ2v) is 6.40. The summed E-state index contributed by atoms with van der Waals surface area (Å²) in [4.78, 5) is 11.8. The van der Waals surface area contributed by atoms with E-state index in [9.17, 15) is 9.18 Å². The van der Waals surface area contributed by atoms with Crippen molar-refractivity contribution in [3.8, 4) is 0 Å². The van der Waals surface area contributed by atoms with E-state index in [4.69, 9.17) is 4.74 Å². The number of amides is 1. The number of carbonyl (C=O) groups excluding carboxylic acids is 1. The Hall–Kier alpha value is -1.62. The van der Waals surface area contributed by atoms with Crippen LogP contribution >= 0.6 is 0 Å². The third kappa shape index (κ3) is 4.70. The molecule has 0 spiro atoms. The molecule has 1 aliphatic rings. The van der Waals surface area contributed by atoms with Gasteiger partial charge in [-0.25, -0.2) is 9.18 Å². The summed E-state index contributed by atoms with van der Waals surface area (Å²) < 4.78 is 19.1. The van der Waals surface area contributed by atoms with Crippen molar-refractivity contribution < 1.29 is 13.9 Å². The number of nitrogens with one attached hydrogen (secondary N) is 2. The van der Waals surface area contributed by atoms with Crippen LogP contribution in [0, 0.1) is 5.82 Å². The molecule has 21 heavy (non-hydrogen) atoms. The molecule has 1 aliphatic heterocycles. The summed E-state index contributed by atoms with van der Waals surface area (Å²) >= 11 is 0. The Bertz CT molecular complexity index is 499. The minimum Gasteiger partial charge on any atom is -0.444 e. The fraction of sp³-hybridized carbons (Fsp3) is 0.562. The zero-order chi connectivity index (χ0) is 15.5. The molecule has 0 aromatic heterocycles. The molecule has 1 saturated heterocycles. The summed E-state index contributed by atoms with van der Waals surface area (Å²) in [5.74, 6) is -0.215.